The Hall–Kier alpha value is -3.59. The van der Waals surface area contributed by atoms with E-state index in [4.69, 9.17) is 4.74 Å². The molecule has 6 rings (SSSR count). The van der Waals surface area contributed by atoms with E-state index >= 15 is 0 Å². The largest absolute Gasteiger partial charge is 0.381 e. The number of anilines is 3. The second-order valence-corrected chi connectivity index (χ2v) is 14.0. The number of aromatic amines is 1. The van der Waals surface area contributed by atoms with Crippen molar-refractivity contribution in [1.29, 1.82) is 0 Å². The van der Waals surface area contributed by atoms with Crippen molar-refractivity contribution in [2.24, 2.45) is 0 Å². The number of hydrogen-bond acceptors (Lipinski definition) is 8. The number of fused-ring (bicyclic) bond motifs is 1. The highest BCUT2D eigenvalue weighted by Crippen LogP contribution is 2.32. The SMILES string of the molecule is CN1CCC(N(C)c2ccc(C(=O)Nc3n[nH]c4c3CN(S(=O)(=O)c3cc(F)cc(F)c3)CC4)c(NC3CCOCC3)c2)CC1. The Labute approximate surface area is 262 Å². The van der Waals surface area contributed by atoms with Gasteiger partial charge in [0.2, 0.25) is 10.0 Å². The first kappa shape index (κ1) is 31.4. The van der Waals surface area contributed by atoms with Crippen LogP contribution in [-0.4, -0.2) is 92.8 Å². The van der Waals surface area contributed by atoms with Crippen LogP contribution in [0.15, 0.2) is 41.3 Å². The summed E-state index contributed by atoms with van der Waals surface area (Å²) in [5.41, 5.74) is 3.36. The van der Waals surface area contributed by atoms with Crippen LogP contribution < -0.4 is 15.5 Å². The first-order valence-corrected chi connectivity index (χ1v) is 16.8. The lowest BCUT2D eigenvalue weighted by Crippen LogP contribution is -2.42. The van der Waals surface area contributed by atoms with Crippen molar-refractivity contribution in [2.75, 3.05) is 62.5 Å². The third-order valence-corrected chi connectivity index (χ3v) is 10.9. The number of nitrogens with one attached hydrogen (secondary N) is 3. The summed E-state index contributed by atoms with van der Waals surface area (Å²) in [5.74, 6) is -2.13. The van der Waals surface area contributed by atoms with E-state index in [-0.39, 0.29) is 30.9 Å². The second kappa shape index (κ2) is 13.0. The molecule has 45 heavy (non-hydrogen) atoms. The number of amides is 1. The lowest BCUT2D eigenvalue weighted by atomic mass is 10.0. The third kappa shape index (κ3) is 6.83. The summed E-state index contributed by atoms with van der Waals surface area (Å²) in [5, 5.41) is 13.7. The van der Waals surface area contributed by atoms with Gasteiger partial charge in [0.1, 0.15) is 11.6 Å². The van der Waals surface area contributed by atoms with Crippen LogP contribution in [0.4, 0.5) is 26.0 Å². The van der Waals surface area contributed by atoms with Gasteiger partial charge in [-0.3, -0.25) is 9.89 Å². The highest BCUT2D eigenvalue weighted by atomic mass is 32.2. The quantitative estimate of drug-likeness (QED) is 0.339. The third-order valence-electron chi connectivity index (χ3n) is 9.08. The molecule has 3 aliphatic heterocycles. The maximum absolute atomic E-state index is 13.8. The number of carbonyl (C=O) groups is 1. The number of carbonyl (C=O) groups excluding carboxylic acids is 1. The van der Waals surface area contributed by atoms with E-state index in [2.05, 4.69) is 44.7 Å². The van der Waals surface area contributed by atoms with Crippen molar-refractivity contribution < 1.29 is 26.7 Å². The van der Waals surface area contributed by atoms with E-state index in [1.807, 2.05) is 18.2 Å². The molecule has 242 valence electrons. The summed E-state index contributed by atoms with van der Waals surface area (Å²) < 4.78 is 60.9. The fourth-order valence-electron chi connectivity index (χ4n) is 6.30. The zero-order chi connectivity index (χ0) is 31.7. The van der Waals surface area contributed by atoms with Gasteiger partial charge in [0.15, 0.2) is 5.82 Å². The zero-order valence-corrected chi connectivity index (χ0v) is 26.3. The highest BCUT2D eigenvalue weighted by molar-refractivity contribution is 7.89. The molecule has 4 heterocycles. The molecule has 2 saturated heterocycles. The minimum Gasteiger partial charge on any atom is -0.381 e. The topological polar surface area (TPSA) is 123 Å². The molecule has 0 aliphatic carbocycles. The molecule has 0 spiro atoms. The van der Waals surface area contributed by atoms with Crippen molar-refractivity contribution >= 4 is 33.1 Å². The number of piperidine rings is 1. The Morgan fingerprint density at radius 2 is 1.76 bits per heavy atom. The van der Waals surface area contributed by atoms with Crippen LogP contribution in [0.2, 0.25) is 0 Å². The summed E-state index contributed by atoms with van der Waals surface area (Å²) in [4.78, 5) is 17.9. The molecule has 0 atom stereocenters. The van der Waals surface area contributed by atoms with Gasteiger partial charge in [0, 0.05) is 80.6 Å². The van der Waals surface area contributed by atoms with Crippen LogP contribution in [0.1, 0.15) is 47.3 Å². The van der Waals surface area contributed by atoms with E-state index in [1.54, 1.807) is 0 Å². The van der Waals surface area contributed by atoms with Crippen LogP contribution in [0.25, 0.3) is 0 Å². The van der Waals surface area contributed by atoms with Gasteiger partial charge in [0.25, 0.3) is 5.91 Å². The van der Waals surface area contributed by atoms with E-state index < -0.39 is 26.6 Å². The number of sulfonamides is 1. The molecule has 1 amide bonds. The number of likely N-dealkylation sites (tertiary alicyclic amines) is 1. The van der Waals surface area contributed by atoms with Crippen molar-refractivity contribution in [1.82, 2.24) is 19.4 Å². The smallest absolute Gasteiger partial charge is 0.258 e. The Balaban J connectivity index is 1.24. The number of benzene rings is 2. The number of hydrogen-bond donors (Lipinski definition) is 3. The molecule has 0 bridgehead atoms. The molecule has 0 unspecified atom stereocenters. The lowest BCUT2D eigenvalue weighted by Gasteiger charge is -2.36. The molecule has 1 aromatic heterocycles. The predicted molar refractivity (Wildman–Crippen MR) is 167 cm³/mol. The van der Waals surface area contributed by atoms with Gasteiger partial charge >= 0.3 is 0 Å². The van der Waals surface area contributed by atoms with E-state index in [0.717, 1.165) is 60.9 Å². The summed E-state index contributed by atoms with van der Waals surface area (Å²) in [6.45, 7) is 3.35. The Bertz CT molecular complexity index is 1630. The molecular formula is C31H39F2N7O4S. The maximum atomic E-state index is 13.8. The van der Waals surface area contributed by atoms with E-state index in [0.29, 0.717) is 54.3 Å². The van der Waals surface area contributed by atoms with Crippen molar-refractivity contribution in [3.05, 3.63) is 64.9 Å². The first-order chi connectivity index (χ1) is 21.6. The van der Waals surface area contributed by atoms with Crippen molar-refractivity contribution in [3.63, 3.8) is 0 Å². The first-order valence-electron chi connectivity index (χ1n) is 15.3. The number of ether oxygens (including phenoxy) is 1. The highest BCUT2D eigenvalue weighted by Gasteiger charge is 2.33. The van der Waals surface area contributed by atoms with Gasteiger partial charge in [-0.1, -0.05) is 0 Å². The zero-order valence-electron chi connectivity index (χ0n) is 25.5. The summed E-state index contributed by atoms with van der Waals surface area (Å²) in [6, 6.07) is 8.56. The lowest BCUT2D eigenvalue weighted by molar-refractivity contribution is 0.0904. The van der Waals surface area contributed by atoms with E-state index in [9.17, 15) is 22.0 Å². The average Bonchev–Trinajstić information content (AvgIpc) is 3.43. The molecule has 0 saturated carbocycles. The number of H-pyrrole nitrogens is 1. The standard InChI is InChI=1S/C31H39F2N7O4S/c1-38-10-5-23(6-11-38)39(2)24-3-4-26(29(18-24)34-22-8-13-44-14-9-22)31(41)35-30-27-19-40(12-7-28(27)36-37-30)45(42,43)25-16-20(32)15-21(33)17-25/h3-4,15-18,22-23,34H,5-14,19H2,1-2H3,(H2,35,36,37,41). The van der Waals surface area contributed by atoms with Crippen molar-refractivity contribution in [2.45, 2.75) is 55.6 Å². The molecule has 3 aromatic rings. The normalized spacial score (nSPS) is 18.8. The molecule has 3 aliphatic rings. The fraction of sp³-hybridized carbons (Fsp3) is 0.484. The monoisotopic (exact) mass is 643 g/mol. The minimum absolute atomic E-state index is 0.0917. The van der Waals surface area contributed by atoms with Crippen molar-refractivity contribution in [3.8, 4) is 0 Å². The van der Waals surface area contributed by atoms with Gasteiger partial charge in [-0.05, 0) is 76.2 Å². The van der Waals surface area contributed by atoms with Gasteiger partial charge in [-0.25, -0.2) is 17.2 Å². The Morgan fingerprint density at radius 3 is 2.47 bits per heavy atom. The fourth-order valence-corrected chi connectivity index (χ4v) is 7.76. The van der Waals surface area contributed by atoms with Gasteiger partial charge in [-0.2, -0.15) is 9.40 Å². The van der Waals surface area contributed by atoms with Gasteiger partial charge in [0.05, 0.1) is 10.5 Å². The van der Waals surface area contributed by atoms with Gasteiger partial charge < -0.3 is 25.2 Å². The Morgan fingerprint density at radius 1 is 1.04 bits per heavy atom. The average molecular weight is 644 g/mol. The predicted octanol–water partition coefficient (Wildman–Crippen LogP) is 3.81. The Kier molecular flexibility index (Phi) is 9.09. The van der Waals surface area contributed by atoms with E-state index in [1.165, 1.54) is 0 Å². The van der Waals surface area contributed by atoms with Crippen LogP contribution >= 0.6 is 0 Å². The second-order valence-electron chi connectivity index (χ2n) is 12.1. The molecule has 0 radical (unpaired) electrons. The minimum atomic E-state index is -4.20. The molecule has 11 nitrogen and oxygen atoms in total. The molecule has 14 heteroatoms. The number of aromatic nitrogens is 2. The molecule has 3 N–H and O–H groups in total. The molecule has 2 fully saturated rings. The van der Waals surface area contributed by atoms with Crippen LogP contribution in [0, 0.1) is 11.6 Å². The summed E-state index contributed by atoms with van der Waals surface area (Å²) in [7, 11) is 0.0293. The molecule has 2 aromatic carbocycles. The number of nitrogens with zero attached hydrogens (tertiary/aromatic N) is 4. The number of rotatable bonds is 8. The van der Waals surface area contributed by atoms with Gasteiger partial charge in [-0.15, -0.1) is 0 Å². The maximum Gasteiger partial charge on any atom is 0.258 e. The van der Waals surface area contributed by atoms with Crippen LogP contribution in [0.5, 0.6) is 0 Å². The molecular weight excluding hydrogens is 604 g/mol. The summed E-state index contributed by atoms with van der Waals surface area (Å²) in [6.07, 6.45) is 4.06. The number of halogens is 2. The summed E-state index contributed by atoms with van der Waals surface area (Å²) >= 11 is 0. The van der Waals surface area contributed by atoms with Crippen LogP contribution in [0.3, 0.4) is 0 Å². The van der Waals surface area contributed by atoms with Crippen LogP contribution in [-0.2, 0) is 27.7 Å².